The van der Waals surface area contributed by atoms with Gasteiger partial charge in [0.25, 0.3) is 5.91 Å². The summed E-state index contributed by atoms with van der Waals surface area (Å²) in [6.07, 6.45) is 4.25. The van der Waals surface area contributed by atoms with Crippen LogP contribution in [0.1, 0.15) is 53.5 Å². The molecule has 1 aromatic carbocycles. The van der Waals surface area contributed by atoms with Gasteiger partial charge in [0.15, 0.2) is 10.4 Å². The van der Waals surface area contributed by atoms with Crippen molar-refractivity contribution >= 4 is 33.5 Å². The van der Waals surface area contributed by atoms with Crippen LogP contribution in [0.3, 0.4) is 0 Å². The molecule has 0 saturated heterocycles. The molecule has 1 heterocycles. The molecule has 0 aliphatic heterocycles. The summed E-state index contributed by atoms with van der Waals surface area (Å²) in [6.45, 7) is 2.57. The molecule has 0 spiro atoms. The van der Waals surface area contributed by atoms with Crippen molar-refractivity contribution in [3.8, 4) is 0 Å². The number of unbranched alkanes of at least 4 members (excludes halogenated alkanes) is 3. The number of nitrogens with one attached hydrogen (secondary N) is 1. The Morgan fingerprint density at radius 2 is 1.83 bits per heavy atom. The average molecular weight is 394 g/mol. The third kappa shape index (κ3) is 5.53. The molecular formula is C18H20BrNO4. The van der Waals surface area contributed by atoms with Crippen molar-refractivity contribution in [3.63, 3.8) is 0 Å². The molecule has 0 aliphatic carbocycles. The monoisotopic (exact) mass is 393 g/mol. The van der Waals surface area contributed by atoms with Crippen LogP contribution in [0.2, 0.25) is 0 Å². The molecule has 1 N–H and O–H groups in total. The molecule has 0 radical (unpaired) electrons. The Morgan fingerprint density at radius 3 is 2.46 bits per heavy atom. The van der Waals surface area contributed by atoms with Gasteiger partial charge in [0.2, 0.25) is 0 Å². The van der Waals surface area contributed by atoms with E-state index in [2.05, 4.69) is 28.2 Å². The smallest absolute Gasteiger partial charge is 0.338 e. The quantitative estimate of drug-likeness (QED) is 0.504. The highest BCUT2D eigenvalue weighted by molar-refractivity contribution is 9.10. The number of rotatable bonds is 8. The normalized spacial score (nSPS) is 10.4. The lowest BCUT2D eigenvalue weighted by Crippen LogP contribution is -2.11. The lowest BCUT2D eigenvalue weighted by atomic mass is 10.2. The molecule has 2 rings (SSSR count). The van der Waals surface area contributed by atoms with Gasteiger partial charge in [-0.3, -0.25) is 4.79 Å². The van der Waals surface area contributed by atoms with E-state index in [0.29, 0.717) is 22.5 Å². The Balaban J connectivity index is 1.83. The summed E-state index contributed by atoms with van der Waals surface area (Å²) in [6, 6.07) is 9.79. The first kappa shape index (κ1) is 18.3. The van der Waals surface area contributed by atoms with E-state index in [9.17, 15) is 9.59 Å². The van der Waals surface area contributed by atoms with Gasteiger partial charge in [-0.2, -0.15) is 0 Å². The van der Waals surface area contributed by atoms with E-state index < -0.39 is 0 Å². The zero-order valence-corrected chi connectivity index (χ0v) is 15.1. The molecule has 1 amide bonds. The van der Waals surface area contributed by atoms with Crippen LogP contribution in [0.25, 0.3) is 0 Å². The maximum Gasteiger partial charge on any atom is 0.338 e. The van der Waals surface area contributed by atoms with Crippen LogP contribution in [0.5, 0.6) is 0 Å². The predicted octanol–water partition coefficient (Wildman–Crippen LogP) is 5.03. The number of benzene rings is 1. The summed E-state index contributed by atoms with van der Waals surface area (Å²) in [7, 11) is 0. The molecule has 0 atom stereocenters. The first-order valence-corrected chi connectivity index (χ1v) is 8.73. The minimum Gasteiger partial charge on any atom is -0.462 e. The van der Waals surface area contributed by atoms with Gasteiger partial charge >= 0.3 is 5.97 Å². The maximum atomic E-state index is 12.0. The summed E-state index contributed by atoms with van der Waals surface area (Å²) >= 11 is 3.15. The Hall–Kier alpha value is -2.08. The number of hydrogen-bond acceptors (Lipinski definition) is 4. The number of hydrogen-bond donors (Lipinski definition) is 1. The molecule has 128 valence electrons. The van der Waals surface area contributed by atoms with Gasteiger partial charge in [-0.15, -0.1) is 0 Å². The van der Waals surface area contributed by atoms with Crippen LogP contribution in [-0.4, -0.2) is 18.5 Å². The van der Waals surface area contributed by atoms with Crippen molar-refractivity contribution in [3.05, 3.63) is 52.4 Å². The molecule has 0 unspecified atom stereocenters. The lowest BCUT2D eigenvalue weighted by Gasteiger charge is -2.06. The minimum absolute atomic E-state index is 0.206. The third-order valence-corrected chi connectivity index (χ3v) is 3.83. The van der Waals surface area contributed by atoms with Crippen molar-refractivity contribution in [1.82, 2.24) is 0 Å². The van der Waals surface area contributed by atoms with E-state index in [1.54, 1.807) is 36.4 Å². The summed E-state index contributed by atoms with van der Waals surface area (Å²) < 4.78 is 10.9. The van der Waals surface area contributed by atoms with Crippen LogP contribution in [0, 0.1) is 0 Å². The molecule has 0 aliphatic rings. The number of anilines is 1. The van der Waals surface area contributed by atoms with E-state index in [4.69, 9.17) is 9.15 Å². The number of amides is 1. The first-order chi connectivity index (χ1) is 11.6. The Bertz CT molecular complexity index is 679. The van der Waals surface area contributed by atoms with E-state index >= 15 is 0 Å². The maximum absolute atomic E-state index is 12.0. The van der Waals surface area contributed by atoms with Crippen LogP contribution < -0.4 is 5.32 Å². The van der Waals surface area contributed by atoms with Gasteiger partial charge in [0.1, 0.15) is 0 Å². The summed E-state index contributed by atoms with van der Waals surface area (Å²) in [5.74, 6) is -0.497. The highest BCUT2D eigenvalue weighted by atomic mass is 79.9. The van der Waals surface area contributed by atoms with E-state index in [1.165, 1.54) is 0 Å². The van der Waals surface area contributed by atoms with Crippen molar-refractivity contribution in [1.29, 1.82) is 0 Å². The highest BCUT2D eigenvalue weighted by Crippen LogP contribution is 2.17. The molecule has 2 aromatic rings. The van der Waals surface area contributed by atoms with Crippen LogP contribution in [0.15, 0.2) is 45.5 Å². The number of halogens is 1. The molecule has 0 saturated carbocycles. The Kier molecular flexibility index (Phi) is 7.06. The number of carbonyl (C=O) groups excluding carboxylic acids is 2. The second-order valence-electron chi connectivity index (χ2n) is 5.33. The molecule has 0 fully saturated rings. The highest BCUT2D eigenvalue weighted by Gasteiger charge is 2.11. The second kappa shape index (κ2) is 9.27. The van der Waals surface area contributed by atoms with Gasteiger partial charge in [-0.05, 0) is 58.7 Å². The van der Waals surface area contributed by atoms with Gasteiger partial charge in [0, 0.05) is 5.69 Å². The number of furan rings is 1. The summed E-state index contributed by atoms with van der Waals surface area (Å²) in [5, 5.41) is 2.70. The van der Waals surface area contributed by atoms with E-state index in [0.717, 1.165) is 25.7 Å². The molecule has 5 nitrogen and oxygen atoms in total. The fraction of sp³-hybridized carbons (Fsp3) is 0.333. The predicted molar refractivity (Wildman–Crippen MR) is 95.2 cm³/mol. The Labute approximate surface area is 149 Å². The summed E-state index contributed by atoms with van der Waals surface area (Å²) in [4.78, 5) is 23.9. The zero-order chi connectivity index (χ0) is 17.4. The van der Waals surface area contributed by atoms with E-state index in [1.807, 2.05) is 0 Å². The summed E-state index contributed by atoms with van der Waals surface area (Å²) in [5.41, 5.74) is 1.04. The van der Waals surface area contributed by atoms with Gasteiger partial charge in [0.05, 0.1) is 12.2 Å². The van der Waals surface area contributed by atoms with Crippen LogP contribution in [-0.2, 0) is 4.74 Å². The van der Waals surface area contributed by atoms with Crippen molar-refractivity contribution in [2.75, 3.05) is 11.9 Å². The second-order valence-corrected chi connectivity index (χ2v) is 6.11. The molecule has 0 bridgehead atoms. The fourth-order valence-electron chi connectivity index (χ4n) is 2.10. The molecular weight excluding hydrogens is 374 g/mol. The lowest BCUT2D eigenvalue weighted by molar-refractivity contribution is 0.0498. The van der Waals surface area contributed by atoms with Gasteiger partial charge in [-0.25, -0.2) is 4.79 Å². The van der Waals surface area contributed by atoms with Gasteiger partial charge in [-0.1, -0.05) is 26.2 Å². The Morgan fingerprint density at radius 1 is 1.08 bits per heavy atom. The largest absolute Gasteiger partial charge is 0.462 e. The number of carbonyl (C=O) groups is 2. The van der Waals surface area contributed by atoms with Gasteiger partial charge < -0.3 is 14.5 Å². The molecule has 6 heteroatoms. The van der Waals surface area contributed by atoms with Crippen molar-refractivity contribution in [2.45, 2.75) is 32.6 Å². The standard InChI is InChI=1S/C18H20BrNO4/c1-2-3-4-5-12-23-18(22)13-6-8-14(9-7-13)20-17(21)15-10-11-16(19)24-15/h6-11H,2-5,12H2,1H3,(H,20,21). The topological polar surface area (TPSA) is 68.5 Å². The van der Waals surface area contributed by atoms with E-state index in [-0.39, 0.29) is 17.6 Å². The average Bonchev–Trinajstić information content (AvgIpc) is 3.02. The molecule has 1 aromatic heterocycles. The SMILES string of the molecule is CCCCCCOC(=O)c1ccc(NC(=O)c2ccc(Br)o2)cc1. The van der Waals surface area contributed by atoms with Crippen molar-refractivity contribution in [2.24, 2.45) is 0 Å². The molecule has 24 heavy (non-hydrogen) atoms. The zero-order valence-electron chi connectivity index (χ0n) is 13.5. The van der Waals surface area contributed by atoms with Crippen molar-refractivity contribution < 1.29 is 18.7 Å². The van der Waals surface area contributed by atoms with Crippen LogP contribution >= 0.6 is 15.9 Å². The number of esters is 1. The van der Waals surface area contributed by atoms with Crippen LogP contribution in [0.4, 0.5) is 5.69 Å². The minimum atomic E-state index is -0.355. The number of ether oxygens (including phenoxy) is 1. The fourth-order valence-corrected chi connectivity index (χ4v) is 2.40. The third-order valence-electron chi connectivity index (χ3n) is 3.41. The first-order valence-electron chi connectivity index (χ1n) is 7.94.